The number of amides is 1. The van der Waals surface area contributed by atoms with Crippen molar-refractivity contribution in [2.45, 2.75) is 19.8 Å². The van der Waals surface area contributed by atoms with E-state index in [0.717, 1.165) is 47.1 Å². The maximum absolute atomic E-state index is 13.0. The van der Waals surface area contributed by atoms with Crippen LogP contribution in [0, 0.1) is 6.92 Å². The van der Waals surface area contributed by atoms with Gasteiger partial charge in [-0.3, -0.25) is 10.1 Å². The number of hydrogen-bond donors (Lipinski definition) is 1. The van der Waals surface area contributed by atoms with Gasteiger partial charge in [-0.25, -0.2) is 4.98 Å². The van der Waals surface area contributed by atoms with Crippen LogP contribution >= 0.6 is 11.3 Å². The number of aromatic nitrogens is 1. The van der Waals surface area contributed by atoms with E-state index < -0.39 is 0 Å². The molecule has 3 heterocycles. The van der Waals surface area contributed by atoms with E-state index in [4.69, 9.17) is 9.47 Å². The molecule has 1 fully saturated rings. The standard InChI is InChI=1S/C22H21N3O3S/c1-14-4-6-18(25-8-2-3-9-25)16(10-14)21(26)24-22-23-17(12-29-22)15-5-7-19-20(11-15)28-13-27-19/h4-7,10-12H,2-3,8-9,13H2,1H3,(H,23,24,26). The first-order chi connectivity index (χ1) is 14.2. The van der Waals surface area contributed by atoms with Gasteiger partial charge in [-0.15, -0.1) is 11.3 Å². The monoisotopic (exact) mass is 407 g/mol. The number of thiazole rings is 1. The number of hydrogen-bond acceptors (Lipinski definition) is 6. The quantitative estimate of drug-likeness (QED) is 0.679. The molecule has 0 bridgehead atoms. The topological polar surface area (TPSA) is 63.7 Å². The Labute approximate surface area is 173 Å². The number of aryl methyl sites for hydroxylation is 1. The van der Waals surface area contributed by atoms with E-state index in [9.17, 15) is 4.79 Å². The van der Waals surface area contributed by atoms with Gasteiger partial charge in [-0.2, -0.15) is 0 Å². The molecule has 0 aliphatic carbocycles. The summed E-state index contributed by atoms with van der Waals surface area (Å²) in [4.78, 5) is 19.9. The van der Waals surface area contributed by atoms with Gasteiger partial charge in [0.25, 0.3) is 5.91 Å². The van der Waals surface area contributed by atoms with E-state index in [2.05, 4.69) is 27.3 Å². The van der Waals surface area contributed by atoms with Gasteiger partial charge in [0, 0.05) is 29.7 Å². The number of fused-ring (bicyclic) bond motifs is 1. The summed E-state index contributed by atoms with van der Waals surface area (Å²) in [5, 5.41) is 5.49. The van der Waals surface area contributed by atoms with Crippen LogP contribution in [-0.4, -0.2) is 30.8 Å². The van der Waals surface area contributed by atoms with Gasteiger partial charge in [0.2, 0.25) is 6.79 Å². The number of ether oxygens (including phenoxy) is 2. The molecule has 1 N–H and O–H groups in total. The molecule has 1 aromatic heterocycles. The van der Waals surface area contributed by atoms with Crippen molar-refractivity contribution >= 4 is 28.1 Å². The number of benzene rings is 2. The Balaban J connectivity index is 1.38. The third-order valence-corrected chi connectivity index (χ3v) is 5.99. The molecule has 2 aliphatic rings. The zero-order valence-electron chi connectivity index (χ0n) is 16.1. The lowest BCUT2D eigenvalue weighted by Crippen LogP contribution is -2.23. The highest BCUT2D eigenvalue weighted by Crippen LogP contribution is 2.36. The van der Waals surface area contributed by atoms with Crippen molar-refractivity contribution in [1.82, 2.24) is 4.98 Å². The summed E-state index contributed by atoms with van der Waals surface area (Å²) < 4.78 is 10.8. The van der Waals surface area contributed by atoms with Crippen LogP contribution in [0.5, 0.6) is 11.5 Å². The molecular formula is C22H21N3O3S. The van der Waals surface area contributed by atoms with Crippen LogP contribution in [0.25, 0.3) is 11.3 Å². The van der Waals surface area contributed by atoms with E-state index in [0.29, 0.717) is 10.7 Å². The summed E-state index contributed by atoms with van der Waals surface area (Å²) in [6.45, 7) is 4.24. The maximum atomic E-state index is 13.0. The first-order valence-corrected chi connectivity index (χ1v) is 10.6. The maximum Gasteiger partial charge on any atom is 0.259 e. The summed E-state index contributed by atoms with van der Waals surface area (Å²) >= 11 is 1.41. The van der Waals surface area contributed by atoms with Crippen LogP contribution in [0.2, 0.25) is 0 Å². The molecule has 6 nitrogen and oxygen atoms in total. The van der Waals surface area contributed by atoms with Crippen LogP contribution in [-0.2, 0) is 0 Å². The smallest absolute Gasteiger partial charge is 0.259 e. The Morgan fingerprint density at radius 1 is 1.10 bits per heavy atom. The van der Waals surface area contributed by atoms with Crippen molar-refractivity contribution in [2.75, 3.05) is 30.1 Å². The fourth-order valence-corrected chi connectivity index (χ4v) is 4.46. The number of nitrogens with zero attached hydrogens (tertiary/aromatic N) is 2. The average molecular weight is 407 g/mol. The van der Waals surface area contributed by atoms with Gasteiger partial charge >= 0.3 is 0 Å². The Kier molecular flexibility index (Phi) is 4.60. The third kappa shape index (κ3) is 3.53. The number of rotatable bonds is 4. The second-order valence-corrected chi connectivity index (χ2v) is 8.13. The first-order valence-electron chi connectivity index (χ1n) is 9.70. The molecule has 5 rings (SSSR count). The van der Waals surface area contributed by atoms with Gasteiger partial charge in [0.15, 0.2) is 16.6 Å². The molecule has 2 aromatic carbocycles. The molecule has 7 heteroatoms. The molecule has 2 aliphatic heterocycles. The Morgan fingerprint density at radius 3 is 2.79 bits per heavy atom. The van der Waals surface area contributed by atoms with E-state index >= 15 is 0 Å². The van der Waals surface area contributed by atoms with Crippen molar-refractivity contribution in [1.29, 1.82) is 0 Å². The summed E-state index contributed by atoms with van der Waals surface area (Å²) in [6, 6.07) is 11.8. The molecule has 0 unspecified atom stereocenters. The minimum atomic E-state index is -0.123. The summed E-state index contributed by atoms with van der Waals surface area (Å²) in [7, 11) is 0. The van der Waals surface area contributed by atoms with Crippen molar-refractivity contribution in [3.05, 3.63) is 52.9 Å². The van der Waals surface area contributed by atoms with E-state index in [-0.39, 0.29) is 12.7 Å². The second-order valence-electron chi connectivity index (χ2n) is 7.27. The van der Waals surface area contributed by atoms with Crippen LogP contribution in [0.15, 0.2) is 41.8 Å². The number of anilines is 2. The number of carbonyl (C=O) groups excluding carboxylic acids is 1. The van der Waals surface area contributed by atoms with Crippen molar-refractivity contribution in [2.24, 2.45) is 0 Å². The number of nitrogens with one attached hydrogen (secondary N) is 1. The largest absolute Gasteiger partial charge is 0.454 e. The molecule has 0 atom stereocenters. The molecular weight excluding hydrogens is 386 g/mol. The van der Waals surface area contributed by atoms with E-state index in [1.807, 2.05) is 36.6 Å². The lowest BCUT2D eigenvalue weighted by molar-refractivity contribution is 0.102. The van der Waals surface area contributed by atoms with Crippen molar-refractivity contribution in [3.63, 3.8) is 0 Å². The summed E-state index contributed by atoms with van der Waals surface area (Å²) in [6.07, 6.45) is 2.33. The minimum Gasteiger partial charge on any atom is -0.454 e. The molecule has 3 aromatic rings. The second kappa shape index (κ2) is 7.40. The highest BCUT2D eigenvalue weighted by atomic mass is 32.1. The highest BCUT2D eigenvalue weighted by molar-refractivity contribution is 7.14. The Morgan fingerprint density at radius 2 is 1.93 bits per heavy atom. The van der Waals surface area contributed by atoms with Crippen molar-refractivity contribution in [3.8, 4) is 22.8 Å². The van der Waals surface area contributed by atoms with Gasteiger partial charge in [0.1, 0.15) is 0 Å². The predicted octanol–water partition coefficient (Wildman–Crippen LogP) is 4.70. The average Bonchev–Trinajstić information content (AvgIpc) is 3.48. The molecule has 148 valence electrons. The third-order valence-electron chi connectivity index (χ3n) is 5.24. The lowest BCUT2D eigenvalue weighted by atomic mass is 10.1. The summed E-state index contributed by atoms with van der Waals surface area (Å²) in [5.74, 6) is 1.34. The van der Waals surface area contributed by atoms with Crippen LogP contribution in [0.1, 0.15) is 28.8 Å². The van der Waals surface area contributed by atoms with Gasteiger partial charge < -0.3 is 14.4 Å². The molecule has 0 saturated carbocycles. The molecule has 29 heavy (non-hydrogen) atoms. The predicted molar refractivity (Wildman–Crippen MR) is 114 cm³/mol. The number of carbonyl (C=O) groups is 1. The molecule has 0 spiro atoms. The van der Waals surface area contributed by atoms with Gasteiger partial charge in [-0.1, -0.05) is 11.6 Å². The Bertz CT molecular complexity index is 1070. The molecule has 0 radical (unpaired) electrons. The van der Waals surface area contributed by atoms with Crippen LogP contribution < -0.4 is 19.7 Å². The van der Waals surface area contributed by atoms with Gasteiger partial charge in [0.05, 0.1) is 11.3 Å². The van der Waals surface area contributed by atoms with Gasteiger partial charge in [-0.05, 0) is 50.1 Å². The zero-order valence-corrected chi connectivity index (χ0v) is 16.9. The lowest BCUT2D eigenvalue weighted by Gasteiger charge is -2.21. The van der Waals surface area contributed by atoms with Crippen LogP contribution in [0.4, 0.5) is 10.8 Å². The SMILES string of the molecule is Cc1ccc(N2CCCC2)c(C(=O)Nc2nc(-c3ccc4c(c3)OCO4)cs2)c1. The zero-order chi connectivity index (χ0) is 19.8. The molecule has 1 saturated heterocycles. The highest BCUT2D eigenvalue weighted by Gasteiger charge is 2.21. The van der Waals surface area contributed by atoms with E-state index in [1.165, 1.54) is 24.2 Å². The van der Waals surface area contributed by atoms with Crippen molar-refractivity contribution < 1.29 is 14.3 Å². The fraction of sp³-hybridized carbons (Fsp3) is 0.273. The molecule has 1 amide bonds. The first kappa shape index (κ1) is 18.0. The Hall–Kier alpha value is -3.06. The normalized spacial score (nSPS) is 15.0. The fourth-order valence-electron chi connectivity index (χ4n) is 3.75. The summed E-state index contributed by atoms with van der Waals surface area (Å²) in [5.41, 5.74) is 4.50. The minimum absolute atomic E-state index is 0.123. The van der Waals surface area contributed by atoms with Crippen LogP contribution in [0.3, 0.4) is 0 Å². The van der Waals surface area contributed by atoms with E-state index in [1.54, 1.807) is 0 Å².